The van der Waals surface area contributed by atoms with Crippen molar-refractivity contribution in [3.63, 3.8) is 0 Å². The Balaban J connectivity index is 2.60. The molecule has 1 aromatic rings. The van der Waals surface area contributed by atoms with Crippen LogP contribution in [0.5, 0.6) is 5.88 Å². The molecule has 0 aliphatic rings. The lowest BCUT2D eigenvalue weighted by Crippen LogP contribution is -2.21. The maximum absolute atomic E-state index is 5.08. The summed E-state index contributed by atoms with van der Waals surface area (Å²) in [5.74, 6) is 1.61. The number of ether oxygens (including phenoxy) is 1. The Labute approximate surface area is 99.6 Å². The van der Waals surface area contributed by atoms with Gasteiger partial charge in [-0.25, -0.2) is 0 Å². The van der Waals surface area contributed by atoms with Crippen molar-refractivity contribution in [3.05, 3.63) is 18.2 Å². The number of methoxy groups -OCH3 is 1. The van der Waals surface area contributed by atoms with E-state index in [-0.39, 0.29) is 0 Å². The molecule has 0 spiro atoms. The van der Waals surface area contributed by atoms with Crippen molar-refractivity contribution in [2.45, 2.75) is 18.2 Å². The molecule has 1 rings (SSSR count). The Hall–Kier alpha value is -0.770. The first-order valence-corrected chi connectivity index (χ1v) is 5.91. The van der Waals surface area contributed by atoms with Crippen LogP contribution in [0.3, 0.4) is 0 Å². The van der Waals surface area contributed by atoms with Gasteiger partial charge >= 0.3 is 0 Å². The van der Waals surface area contributed by atoms with E-state index in [1.54, 1.807) is 7.11 Å². The Morgan fingerprint density at radius 3 is 2.87 bits per heavy atom. The second-order valence-electron chi connectivity index (χ2n) is 3.53. The number of alkyl halides is 1. The third-order valence-electron chi connectivity index (χ3n) is 2.17. The van der Waals surface area contributed by atoms with E-state index in [0.717, 1.165) is 18.8 Å². The molecule has 0 aliphatic heterocycles. The van der Waals surface area contributed by atoms with Gasteiger partial charge < -0.3 is 9.64 Å². The van der Waals surface area contributed by atoms with Gasteiger partial charge in [0.05, 0.1) is 7.11 Å². The molecule has 0 saturated carbocycles. The molecule has 0 radical (unpaired) electrons. The number of nitrogens with zero attached hydrogens (tertiary/aromatic N) is 2. The van der Waals surface area contributed by atoms with Crippen molar-refractivity contribution < 1.29 is 4.74 Å². The number of aromatic nitrogens is 1. The predicted molar refractivity (Wildman–Crippen MR) is 67.1 cm³/mol. The van der Waals surface area contributed by atoms with Crippen LogP contribution in [-0.2, 0) is 0 Å². The van der Waals surface area contributed by atoms with Crippen molar-refractivity contribution in [2.24, 2.45) is 0 Å². The number of hydrogen-bond donors (Lipinski definition) is 0. The van der Waals surface area contributed by atoms with Gasteiger partial charge in [0.25, 0.3) is 0 Å². The van der Waals surface area contributed by atoms with Crippen LogP contribution in [0.15, 0.2) is 18.2 Å². The number of halogens is 1. The first-order chi connectivity index (χ1) is 7.13. The lowest BCUT2D eigenvalue weighted by molar-refractivity contribution is 0.398. The zero-order valence-electron chi connectivity index (χ0n) is 9.40. The summed E-state index contributed by atoms with van der Waals surface area (Å²) in [6.45, 7) is 3.12. The summed E-state index contributed by atoms with van der Waals surface area (Å²) in [4.78, 5) is 7.02. The maximum atomic E-state index is 5.08. The standard InChI is InChI=1S/C11H17BrN2O/c1-9(12)7-8-14(2)10-5-4-6-11(13-10)15-3/h4-6,9H,7-8H2,1-3H3. The fourth-order valence-corrected chi connectivity index (χ4v) is 1.42. The van der Waals surface area contributed by atoms with Crippen LogP contribution in [0.1, 0.15) is 13.3 Å². The van der Waals surface area contributed by atoms with Gasteiger partial charge in [0.15, 0.2) is 0 Å². The predicted octanol–water partition coefficient (Wildman–Crippen LogP) is 2.70. The highest BCUT2D eigenvalue weighted by molar-refractivity contribution is 9.09. The summed E-state index contributed by atoms with van der Waals surface area (Å²) < 4.78 is 5.08. The zero-order valence-corrected chi connectivity index (χ0v) is 11.0. The number of pyridine rings is 1. The highest BCUT2D eigenvalue weighted by Crippen LogP contribution is 2.15. The zero-order chi connectivity index (χ0) is 11.3. The van der Waals surface area contributed by atoms with Gasteiger partial charge in [0.1, 0.15) is 5.82 Å². The smallest absolute Gasteiger partial charge is 0.214 e. The Morgan fingerprint density at radius 2 is 2.27 bits per heavy atom. The first-order valence-electron chi connectivity index (χ1n) is 4.99. The summed E-state index contributed by atoms with van der Waals surface area (Å²) in [5.41, 5.74) is 0. The van der Waals surface area contributed by atoms with E-state index in [1.807, 2.05) is 25.2 Å². The molecule has 1 unspecified atom stereocenters. The van der Waals surface area contributed by atoms with E-state index in [0.29, 0.717) is 10.7 Å². The minimum absolute atomic E-state index is 0.533. The summed E-state index contributed by atoms with van der Waals surface area (Å²) in [6.07, 6.45) is 1.09. The normalized spacial score (nSPS) is 12.3. The van der Waals surface area contributed by atoms with Crippen molar-refractivity contribution in [1.29, 1.82) is 0 Å². The van der Waals surface area contributed by atoms with E-state index >= 15 is 0 Å². The van der Waals surface area contributed by atoms with E-state index < -0.39 is 0 Å². The van der Waals surface area contributed by atoms with Gasteiger partial charge in [0, 0.05) is 24.5 Å². The summed E-state index contributed by atoms with van der Waals surface area (Å²) in [6, 6.07) is 5.79. The van der Waals surface area contributed by atoms with Gasteiger partial charge in [0.2, 0.25) is 5.88 Å². The molecule has 15 heavy (non-hydrogen) atoms. The molecular formula is C11H17BrN2O. The molecule has 0 fully saturated rings. The third kappa shape index (κ3) is 4.08. The summed E-state index contributed by atoms with van der Waals surface area (Å²) in [7, 11) is 3.67. The van der Waals surface area contributed by atoms with E-state index in [1.165, 1.54) is 0 Å². The van der Waals surface area contributed by atoms with Crippen LogP contribution in [0.2, 0.25) is 0 Å². The van der Waals surface area contributed by atoms with Crippen molar-refractivity contribution >= 4 is 21.7 Å². The fourth-order valence-electron chi connectivity index (χ4n) is 1.22. The minimum atomic E-state index is 0.533. The van der Waals surface area contributed by atoms with E-state index in [4.69, 9.17) is 4.74 Å². The Bertz CT molecular complexity index is 304. The van der Waals surface area contributed by atoms with Crippen molar-refractivity contribution in [1.82, 2.24) is 4.98 Å². The minimum Gasteiger partial charge on any atom is -0.481 e. The Kier molecular flexibility index (Phi) is 4.88. The lowest BCUT2D eigenvalue weighted by atomic mass is 10.3. The second-order valence-corrected chi connectivity index (χ2v) is 5.09. The van der Waals surface area contributed by atoms with Crippen molar-refractivity contribution in [3.8, 4) is 5.88 Å². The van der Waals surface area contributed by atoms with Gasteiger partial charge in [-0.15, -0.1) is 0 Å². The van der Waals surface area contributed by atoms with Crippen LogP contribution in [0.25, 0.3) is 0 Å². The molecule has 84 valence electrons. The lowest BCUT2D eigenvalue weighted by Gasteiger charge is -2.19. The van der Waals surface area contributed by atoms with Gasteiger partial charge in [-0.05, 0) is 12.5 Å². The monoisotopic (exact) mass is 272 g/mol. The van der Waals surface area contributed by atoms with Crippen molar-refractivity contribution in [2.75, 3.05) is 25.6 Å². The van der Waals surface area contributed by atoms with Crippen LogP contribution < -0.4 is 9.64 Å². The maximum Gasteiger partial charge on any atom is 0.214 e. The Morgan fingerprint density at radius 1 is 1.53 bits per heavy atom. The highest BCUT2D eigenvalue weighted by Gasteiger charge is 2.05. The largest absolute Gasteiger partial charge is 0.481 e. The molecule has 0 bridgehead atoms. The molecule has 0 aromatic carbocycles. The molecule has 1 atom stereocenters. The summed E-state index contributed by atoms with van der Waals surface area (Å²) >= 11 is 3.53. The molecule has 0 saturated heterocycles. The molecule has 0 aliphatic carbocycles. The summed E-state index contributed by atoms with van der Waals surface area (Å²) in [5, 5.41) is 0. The van der Waals surface area contributed by atoms with E-state index in [2.05, 4.69) is 32.7 Å². The topological polar surface area (TPSA) is 25.4 Å². The molecule has 1 heterocycles. The fraction of sp³-hybridized carbons (Fsp3) is 0.545. The highest BCUT2D eigenvalue weighted by atomic mass is 79.9. The number of hydrogen-bond acceptors (Lipinski definition) is 3. The molecule has 3 nitrogen and oxygen atoms in total. The SMILES string of the molecule is COc1cccc(N(C)CCC(C)Br)n1. The second kappa shape index (κ2) is 5.95. The molecule has 0 N–H and O–H groups in total. The average Bonchev–Trinajstić information content (AvgIpc) is 2.26. The van der Waals surface area contributed by atoms with Gasteiger partial charge in [-0.1, -0.05) is 28.9 Å². The van der Waals surface area contributed by atoms with Gasteiger partial charge in [-0.2, -0.15) is 4.98 Å². The first kappa shape index (κ1) is 12.3. The number of anilines is 1. The van der Waals surface area contributed by atoms with Crippen LogP contribution in [0, 0.1) is 0 Å². The molecule has 4 heteroatoms. The van der Waals surface area contributed by atoms with E-state index in [9.17, 15) is 0 Å². The third-order valence-corrected chi connectivity index (χ3v) is 2.63. The molecule has 0 amide bonds. The quantitative estimate of drug-likeness (QED) is 0.771. The van der Waals surface area contributed by atoms with Crippen LogP contribution in [-0.4, -0.2) is 30.5 Å². The van der Waals surface area contributed by atoms with Crippen LogP contribution in [0.4, 0.5) is 5.82 Å². The average molecular weight is 273 g/mol. The molecular weight excluding hydrogens is 256 g/mol. The van der Waals surface area contributed by atoms with Crippen LogP contribution >= 0.6 is 15.9 Å². The molecule has 1 aromatic heterocycles. The number of rotatable bonds is 5. The van der Waals surface area contributed by atoms with Gasteiger partial charge in [-0.3, -0.25) is 0 Å².